The Bertz CT molecular complexity index is 715. The molecule has 0 aliphatic heterocycles. The molecule has 2 rings (SSSR count). The molecule has 0 amide bonds. The van der Waals surface area contributed by atoms with Crippen molar-refractivity contribution in [2.75, 3.05) is 13.6 Å². The highest BCUT2D eigenvalue weighted by Gasteiger charge is 2.16. The zero-order valence-electron chi connectivity index (χ0n) is 10.8. The predicted octanol–water partition coefficient (Wildman–Crippen LogP) is -0.669. The summed E-state index contributed by atoms with van der Waals surface area (Å²) in [5.74, 6) is 0. The smallest absolute Gasteiger partial charge is 0.304 e. The molecule has 3 N–H and O–H groups in total. The van der Waals surface area contributed by atoms with E-state index in [1.54, 1.807) is 10.1 Å². The second kappa shape index (κ2) is 6.31. The van der Waals surface area contributed by atoms with Crippen LogP contribution in [0.1, 0.15) is 5.69 Å². The van der Waals surface area contributed by atoms with E-state index in [0.717, 1.165) is 11.3 Å². The van der Waals surface area contributed by atoms with Gasteiger partial charge < -0.3 is 10.3 Å². The summed E-state index contributed by atoms with van der Waals surface area (Å²) in [6.45, 7) is 1.33. The van der Waals surface area contributed by atoms with Crippen LogP contribution in [0, 0.1) is 0 Å². The second-order valence-corrected chi connectivity index (χ2v) is 6.65. The van der Waals surface area contributed by atoms with Gasteiger partial charge in [0, 0.05) is 23.8 Å². The number of hydrogen-bond acceptors (Lipinski definition) is 6. The monoisotopic (exact) mass is 317 g/mol. The molecule has 0 aliphatic carbocycles. The van der Waals surface area contributed by atoms with Crippen molar-refractivity contribution in [2.45, 2.75) is 18.0 Å². The van der Waals surface area contributed by atoms with Crippen molar-refractivity contribution < 1.29 is 8.42 Å². The minimum absolute atomic E-state index is 0.0444. The van der Waals surface area contributed by atoms with Crippen molar-refractivity contribution in [2.24, 2.45) is 0 Å². The molecule has 8 nitrogen and oxygen atoms in total. The van der Waals surface area contributed by atoms with Gasteiger partial charge in [0.1, 0.15) is 4.90 Å². The molecule has 2 heterocycles. The first kappa shape index (κ1) is 14.9. The zero-order valence-corrected chi connectivity index (χ0v) is 12.4. The maximum atomic E-state index is 12.0. The Morgan fingerprint density at radius 1 is 1.50 bits per heavy atom. The second-order valence-electron chi connectivity index (χ2n) is 4.04. The van der Waals surface area contributed by atoms with Gasteiger partial charge in [-0.05, 0) is 7.05 Å². The lowest BCUT2D eigenvalue weighted by molar-refractivity contribution is 0.575. The van der Waals surface area contributed by atoms with Crippen LogP contribution in [0.25, 0.3) is 0 Å². The molecule has 2 aromatic rings. The molecule has 0 radical (unpaired) electrons. The lowest BCUT2D eigenvalue weighted by Crippen LogP contribution is -2.23. The van der Waals surface area contributed by atoms with Crippen LogP contribution in [0.5, 0.6) is 0 Å². The highest BCUT2D eigenvalue weighted by atomic mass is 32.2. The van der Waals surface area contributed by atoms with Crippen LogP contribution in [0.4, 0.5) is 0 Å². The standard InChI is InChI=1S/C10H15N5O3S2/c1-11-2-3-15-6-9(5-12-15)20(17,18)13-4-8-7-19-10(16)14-8/h5-7,11,13H,2-4H2,1H3,(H,14,16). The zero-order chi connectivity index (χ0) is 14.6. The molecular formula is C10H15N5O3S2. The minimum Gasteiger partial charge on any atom is -0.318 e. The number of aromatic amines is 1. The van der Waals surface area contributed by atoms with Gasteiger partial charge in [0.15, 0.2) is 0 Å². The fourth-order valence-corrected chi connectivity index (χ4v) is 3.03. The maximum absolute atomic E-state index is 12.0. The molecular weight excluding hydrogens is 302 g/mol. The van der Waals surface area contributed by atoms with Gasteiger partial charge in [0.25, 0.3) is 0 Å². The first-order valence-corrected chi connectivity index (χ1v) is 8.21. The molecule has 0 unspecified atom stereocenters. The minimum atomic E-state index is -3.62. The first-order chi connectivity index (χ1) is 9.51. The fraction of sp³-hybridized carbons (Fsp3) is 0.400. The SMILES string of the molecule is CNCCn1cc(S(=O)(=O)NCc2csc(=O)[nH]2)cn1. The average molecular weight is 317 g/mol. The van der Waals surface area contributed by atoms with Gasteiger partial charge in [-0.15, -0.1) is 0 Å². The summed E-state index contributed by atoms with van der Waals surface area (Å²) in [5.41, 5.74) is 0.533. The van der Waals surface area contributed by atoms with Gasteiger partial charge >= 0.3 is 4.87 Å². The van der Waals surface area contributed by atoms with Crippen molar-refractivity contribution >= 4 is 21.4 Å². The number of aromatic nitrogens is 3. The van der Waals surface area contributed by atoms with E-state index in [-0.39, 0.29) is 16.3 Å². The van der Waals surface area contributed by atoms with Crippen molar-refractivity contribution in [3.63, 3.8) is 0 Å². The summed E-state index contributed by atoms with van der Waals surface area (Å²) in [4.78, 5) is 13.4. The molecule has 0 bridgehead atoms. The third-order valence-corrected chi connectivity index (χ3v) is 4.61. The molecule has 0 saturated heterocycles. The number of nitrogens with one attached hydrogen (secondary N) is 3. The van der Waals surface area contributed by atoms with Gasteiger partial charge in [-0.1, -0.05) is 11.3 Å². The number of nitrogens with zero attached hydrogens (tertiary/aromatic N) is 2. The largest absolute Gasteiger partial charge is 0.318 e. The van der Waals surface area contributed by atoms with Crippen molar-refractivity contribution in [3.8, 4) is 0 Å². The molecule has 110 valence electrons. The van der Waals surface area contributed by atoms with Gasteiger partial charge in [0.2, 0.25) is 10.0 Å². The number of H-pyrrole nitrogens is 1. The van der Waals surface area contributed by atoms with Crippen LogP contribution in [-0.4, -0.2) is 36.8 Å². The Morgan fingerprint density at radius 2 is 2.30 bits per heavy atom. The number of sulfonamides is 1. The van der Waals surface area contributed by atoms with Crippen LogP contribution in [0.3, 0.4) is 0 Å². The van der Waals surface area contributed by atoms with Gasteiger partial charge in [-0.2, -0.15) is 5.10 Å². The number of rotatable bonds is 7. The van der Waals surface area contributed by atoms with E-state index in [9.17, 15) is 13.2 Å². The Labute approximate surface area is 119 Å². The van der Waals surface area contributed by atoms with Crippen molar-refractivity contribution in [1.29, 1.82) is 0 Å². The normalized spacial score (nSPS) is 11.8. The van der Waals surface area contributed by atoms with E-state index in [2.05, 4.69) is 20.1 Å². The summed E-state index contributed by atoms with van der Waals surface area (Å²) in [7, 11) is -1.81. The maximum Gasteiger partial charge on any atom is 0.304 e. The first-order valence-electron chi connectivity index (χ1n) is 5.84. The molecule has 0 saturated carbocycles. The number of hydrogen-bond donors (Lipinski definition) is 3. The summed E-state index contributed by atoms with van der Waals surface area (Å²) in [6.07, 6.45) is 2.77. The van der Waals surface area contributed by atoms with E-state index >= 15 is 0 Å². The Balaban J connectivity index is 2.02. The van der Waals surface area contributed by atoms with Crippen LogP contribution in [0.15, 0.2) is 27.5 Å². The summed E-state index contributed by atoms with van der Waals surface area (Å²) in [5, 5.41) is 8.52. The topological polar surface area (TPSA) is 109 Å². The molecule has 2 aromatic heterocycles. The van der Waals surface area contributed by atoms with E-state index < -0.39 is 10.0 Å². The lowest BCUT2D eigenvalue weighted by Gasteiger charge is -2.02. The van der Waals surface area contributed by atoms with Crippen LogP contribution in [0.2, 0.25) is 0 Å². The summed E-state index contributed by atoms with van der Waals surface area (Å²) >= 11 is 0.995. The summed E-state index contributed by atoms with van der Waals surface area (Å²) < 4.78 is 28.0. The van der Waals surface area contributed by atoms with Crippen molar-refractivity contribution in [1.82, 2.24) is 24.8 Å². The summed E-state index contributed by atoms with van der Waals surface area (Å²) in [6, 6.07) is 0. The molecule has 20 heavy (non-hydrogen) atoms. The van der Waals surface area contributed by atoms with E-state index in [0.29, 0.717) is 18.8 Å². The highest BCUT2D eigenvalue weighted by Crippen LogP contribution is 2.07. The quantitative estimate of drug-likeness (QED) is 0.627. The van der Waals surface area contributed by atoms with Gasteiger partial charge in [-0.3, -0.25) is 9.48 Å². The number of likely N-dealkylation sites (N-methyl/N-ethyl adjacent to an activating group) is 1. The van der Waals surface area contributed by atoms with Crippen molar-refractivity contribution in [3.05, 3.63) is 33.1 Å². The lowest BCUT2D eigenvalue weighted by atomic mass is 10.5. The average Bonchev–Trinajstić information content (AvgIpc) is 3.03. The van der Waals surface area contributed by atoms with E-state index in [4.69, 9.17) is 0 Å². The number of thiazole rings is 1. The van der Waals surface area contributed by atoms with E-state index in [1.807, 2.05) is 7.05 Å². The van der Waals surface area contributed by atoms with Gasteiger partial charge in [0.05, 0.1) is 19.3 Å². The third-order valence-electron chi connectivity index (χ3n) is 2.53. The van der Waals surface area contributed by atoms with Gasteiger partial charge in [-0.25, -0.2) is 13.1 Å². The third kappa shape index (κ3) is 3.76. The van der Waals surface area contributed by atoms with E-state index in [1.165, 1.54) is 12.4 Å². The molecule has 0 aromatic carbocycles. The Kier molecular flexibility index (Phi) is 4.70. The van der Waals surface area contributed by atoms with Crippen LogP contribution >= 0.6 is 11.3 Å². The molecule has 0 aliphatic rings. The van der Waals surface area contributed by atoms with Crippen LogP contribution in [-0.2, 0) is 23.1 Å². The Morgan fingerprint density at radius 3 is 2.95 bits per heavy atom. The molecule has 0 spiro atoms. The molecule has 0 fully saturated rings. The van der Waals surface area contributed by atoms with Crippen LogP contribution < -0.4 is 14.9 Å². The predicted molar refractivity (Wildman–Crippen MR) is 75.1 cm³/mol. The fourth-order valence-electron chi connectivity index (χ4n) is 1.49. The molecule has 10 heteroatoms. The highest BCUT2D eigenvalue weighted by molar-refractivity contribution is 7.89. The Hall–Kier alpha value is -1.49. The molecule has 0 atom stereocenters.